The van der Waals surface area contributed by atoms with Crippen molar-refractivity contribution in [3.8, 4) is 17.2 Å². The van der Waals surface area contributed by atoms with Gasteiger partial charge in [-0.2, -0.15) is 13.2 Å². The average molecular weight is 530 g/mol. The molecule has 0 aliphatic carbocycles. The molecule has 9 nitrogen and oxygen atoms in total. The van der Waals surface area contributed by atoms with E-state index in [0.29, 0.717) is 43.1 Å². The Morgan fingerprint density at radius 1 is 0.947 bits per heavy atom. The highest BCUT2D eigenvalue weighted by atomic mass is 19.4. The Kier molecular flexibility index (Phi) is 8.31. The maximum atomic E-state index is 13.7. The molecule has 1 aliphatic rings. The Hall–Kier alpha value is -4.32. The second-order valence-electron chi connectivity index (χ2n) is 8.44. The molecule has 38 heavy (non-hydrogen) atoms. The fraction of sp³-hybridized carbons (Fsp3) is 0.269. The minimum Gasteiger partial charge on any atom is -0.490 e. The van der Waals surface area contributed by atoms with Gasteiger partial charge in [0, 0.05) is 30.7 Å². The number of anilines is 2. The molecule has 0 bridgehead atoms. The molecule has 2 aromatic carbocycles. The van der Waals surface area contributed by atoms with E-state index in [9.17, 15) is 22.8 Å². The number of piperidine rings is 1. The number of pyridine rings is 1. The number of rotatable bonds is 7. The van der Waals surface area contributed by atoms with Crippen LogP contribution in [0.5, 0.6) is 17.2 Å². The van der Waals surface area contributed by atoms with E-state index >= 15 is 0 Å². The van der Waals surface area contributed by atoms with Crippen LogP contribution < -0.4 is 30.7 Å². The van der Waals surface area contributed by atoms with Crippen molar-refractivity contribution in [2.75, 3.05) is 30.8 Å². The van der Waals surface area contributed by atoms with Gasteiger partial charge in [0.2, 0.25) is 0 Å². The van der Waals surface area contributed by atoms with Gasteiger partial charge >= 0.3 is 12.2 Å². The van der Waals surface area contributed by atoms with Gasteiger partial charge < -0.3 is 30.7 Å². The number of carbonyl (C=O) groups is 2. The monoisotopic (exact) mass is 529 g/mol. The number of hydrogen-bond acceptors (Lipinski definition) is 6. The van der Waals surface area contributed by atoms with E-state index < -0.39 is 17.8 Å². The Morgan fingerprint density at radius 3 is 2.32 bits per heavy atom. The molecule has 3 aromatic rings. The van der Waals surface area contributed by atoms with Crippen LogP contribution in [0.2, 0.25) is 0 Å². The predicted molar refractivity (Wildman–Crippen MR) is 135 cm³/mol. The summed E-state index contributed by atoms with van der Waals surface area (Å²) in [4.78, 5) is 28.1. The van der Waals surface area contributed by atoms with E-state index in [0.717, 1.165) is 6.07 Å². The fourth-order valence-corrected chi connectivity index (χ4v) is 3.79. The maximum absolute atomic E-state index is 13.7. The summed E-state index contributed by atoms with van der Waals surface area (Å²) in [6, 6.07) is 12.1. The molecule has 200 valence electrons. The molecule has 2 heterocycles. The predicted octanol–water partition coefficient (Wildman–Crippen LogP) is 5.03. The zero-order valence-electron chi connectivity index (χ0n) is 20.4. The number of amides is 3. The lowest BCUT2D eigenvalue weighted by Crippen LogP contribution is -2.34. The zero-order chi connectivity index (χ0) is 27.1. The molecule has 1 aromatic heterocycles. The molecule has 0 unspecified atom stereocenters. The number of carbonyl (C=O) groups excluding carboxylic acids is 2. The van der Waals surface area contributed by atoms with Crippen molar-refractivity contribution in [2.45, 2.75) is 25.1 Å². The molecule has 1 fully saturated rings. The molecule has 4 N–H and O–H groups in total. The molecule has 1 saturated heterocycles. The van der Waals surface area contributed by atoms with Gasteiger partial charge in [0.1, 0.15) is 29.0 Å². The normalized spacial score (nSPS) is 13.9. The van der Waals surface area contributed by atoms with Crippen LogP contribution in [-0.4, -0.2) is 43.2 Å². The van der Waals surface area contributed by atoms with Gasteiger partial charge in [-0.3, -0.25) is 9.78 Å². The van der Waals surface area contributed by atoms with E-state index in [2.05, 4.69) is 26.3 Å². The second-order valence-corrected chi connectivity index (χ2v) is 8.44. The third-order valence-electron chi connectivity index (χ3n) is 5.66. The van der Waals surface area contributed by atoms with Crippen LogP contribution >= 0.6 is 0 Å². The van der Waals surface area contributed by atoms with Gasteiger partial charge in [0.15, 0.2) is 0 Å². The number of nitrogens with one attached hydrogen (secondary N) is 4. The molecule has 4 rings (SSSR count). The highest BCUT2D eigenvalue weighted by Crippen LogP contribution is 2.39. The second kappa shape index (κ2) is 11.8. The molecule has 0 spiro atoms. The van der Waals surface area contributed by atoms with Gasteiger partial charge in [-0.25, -0.2) is 4.79 Å². The Morgan fingerprint density at radius 2 is 1.63 bits per heavy atom. The van der Waals surface area contributed by atoms with Crippen LogP contribution in [0.3, 0.4) is 0 Å². The Labute approximate surface area is 216 Å². The van der Waals surface area contributed by atoms with Crippen molar-refractivity contribution in [2.24, 2.45) is 0 Å². The van der Waals surface area contributed by atoms with Crippen LogP contribution in [0.1, 0.15) is 28.9 Å². The van der Waals surface area contributed by atoms with E-state index in [-0.39, 0.29) is 29.1 Å². The summed E-state index contributed by atoms with van der Waals surface area (Å²) in [5.41, 5.74) is -0.403. The molecular formula is C26H26F3N5O4. The molecule has 3 amide bonds. The average Bonchev–Trinajstić information content (AvgIpc) is 2.90. The molecule has 0 atom stereocenters. The van der Waals surface area contributed by atoms with Crippen molar-refractivity contribution < 1.29 is 32.2 Å². The number of nitrogens with zero attached hydrogens (tertiary/aromatic N) is 1. The summed E-state index contributed by atoms with van der Waals surface area (Å²) in [7, 11) is 1.49. The third kappa shape index (κ3) is 7.13. The molecule has 1 aliphatic heterocycles. The fourth-order valence-electron chi connectivity index (χ4n) is 3.79. The third-order valence-corrected chi connectivity index (χ3v) is 5.66. The van der Waals surface area contributed by atoms with Gasteiger partial charge in [-0.15, -0.1) is 0 Å². The molecule has 12 heteroatoms. The molecular weight excluding hydrogens is 503 g/mol. The largest absolute Gasteiger partial charge is 0.490 e. The van der Waals surface area contributed by atoms with Crippen LogP contribution in [-0.2, 0) is 6.18 Å². The Balaban J connectivity index is 1.38. The number of benzene rings is 2. The van der Waals surface area contributed by atoms with E-state index in [1.807, 2.05) is 0 Å². The first kappa shape index (κ1) is 26.7. The zero-order valence-corrected chi connectivity index (χ0v) is 20.4. The van der Waals surface area contributed by atoms with Crippen LogP contribution in [0, 0.1) is 0 Å². The summed E-state index contributed by atoms with van der Waals surface area (Å²) in [5.74, 6) is 0.212. The minimum absolute atomic E-state index is 0.0305. The smallest absolute Gasteiger partial charge is 0.420 e. The topological polar surface area (TPSA) is 114 Å². The van der Waals surface area contributed by atoms with Crippen molar-refractivity contribution >= 4 is 23.3 Å². The first-order valence-electron chi connectivity index (χ1n) is 11.8. The lowest BCUT2D eigenvalue weighted by atomic mass is 10.1. The van der Waals surface area contributed by atoms with E-state index in [1.165, 1.54) is 31.4 Å². The highest BCUT2D eigenvalue weighted by Gasteiger charge is 2.35. The van der Waals surface area contributed by atoms with Gasteiger partial charge in [-0.1, -0.05) is 0 Å². The van der Waals surface area contributed by atoms with Crippen molar-refractivity contribution in [3.63, 3.8) is 0 Å². The summed E-state index contributed by atoms with van der Waals surface area (Å²) < 4.78 is 52.4. The van der Waals surface area contributed by atoms with Gasteiger partial charge in [-0.05, 0) is 74.5 Å². The number of ether oxygens (including phenoxy) is 2. The number of alkyl halides is 3. The van der Waals surface area contributed by atoms with E-state index in [1.54, 1.807) is 30.3 Å². The lowest BCUT2D eigenvalue weighted by Gasteiger charge is -2.25. The number of hydrogen-bond donors (Lipinski definition) is 4. The van der Waals surface area contributed by atoms with Crippen molar-refractivity contribution in [1.29, 1.82) is 0 Å². The summed E-state index contributed by atoms with van der Waals surface area (Å²) in [5, 5.41) is 10.6. The lowest BCUT2D eigenvalue weighted by molar-refractivity contribution is -0.139. The van der Waals surface area contributed by atoms with Gasteiger partial charge in [0.25, 0.3) is 5.91 Å². The van der Waals surface area contributed by atoms with Crippen molar-refractivity contribution in [1.82, 2.24) is 15.6 Å². The Bertz CT molecular complexity index is 1280. The summed E-state index contributed by atoms with van der Waals surface area (Å²) in [6.45, 7) is 1.36. The maximum Gasteiger partial charge on any atom is 0.420 e. The van der Waals surface area contributed by atoms with Crippen LogP contribution in [0.15, 0.2) is 60.8 Å². The quantitative estimate of drug-likeness (QED) is 0.342. The van der Waals surface area contributed by atoms with Gasteiger partial charge in [0.05, 0.1) is 5.56 Å². The number of urea groups is 1. The first-order valence-corrected chi connectivity index (χ1v) is 11.8. The number of halogens is 3. The van der Waals surface area contributed by atoms with E-state index in [4.69, 9.17) is 9.47 Å². The summed E-state index contributed by atoms with van der Waals surface area (Å²) >= 11 is 0. The molecule has 0 radical (unpaired) electrons. The highest BCUT2D eigenvalue weighted by molar-refractivity contribution is 5.99. The SMILES string of the molecule is CNC(=O)c1cc(Oc2ccc(NC(=O)Nc3ccc(OC4CCNCC4)c(C(F)(F)F)c3)cc2)ccn1. The van der Waals surface area contributed by atoms with Crippen LogP contribution in [0.25, 0.3) is 0 Å². The summed E-state index contributed by atoms with van der Waals surface area (Å²) in [6.07, 6.45) is -2.28. The first-order chi connectivity index (χ1) is 18.2. The minimum atomic E-state index is -4.65. The van der Waals surface area contributed by atoms with Crippen LogP contribution in [0.4, 0.5) is 29.3 Å². The molecule has 0 saturated carbocycles. The standard InChI is InChI=1S/C26H26F3N5O4/c1-30-24(35)22-15-20(10-13-32-22)37-18-5-2-16(3-6-18)33-25(36)34-17-4-7-23(21(14-17)26(27,28)29)38-19-8-11-31-12-9-19/h2-7,10,13-15,19,31H,8-9,11-12H2,1H3,(H,30,35)(H2,33,34,36). The van der Waals surface area contributed by atoms with Crippen molar-refractivity contribution in [3.05, 3.63) is 72.1 Å². The number of aromatic nitrogens is 1.